The minimum Gasteiger partial charge on any atom is -0.494 e. The molecule has 0 saturated heterocycles. The zero-order valence-corrected chi connectivity index (χ0v) is 12.3. The van der Waals surface area contributed by atoms with Crippen molar-refractivity contribution in [1.29, 1.82) is 0 Å². The van der Waals surface area contributed by atoms with Gasteiger partial charge < -0.3 is 9.84 Å². The van der Waals surface area contributed by atoms with Crippen molar-refractivity contribution in [1.82, 2.24) is 0 Å². The first kappa shape index (κ1) is 14.2. The maximum Gasteiger partial charge on any atom is 0.119 e. The van der Waals surface area contributed by atoms with Crippen molar-refractivity contribution in [3.8, 4) is 5.75 Å². The SMILES string of the molecule is OC1CCCc2ccc(OCCCc3ccccc3)cc21. The summed E-state index contributed by atoms with van der Waals surface area (Å²) in [5.41, 5.74) is 3.68. The first-order chi connectivity index (χ1) is 10.3. The third-order valence-electron chi connectivity index (χ3n) is 4.12. The Morgan fingerprint density at radius 2 is 1.95 bits per heavy atom. The highest BCUT2D eigenvalue weighted by Gasteiger charge is 2.18. The Hall–Kier alpha value is -1.80. The quantitative estimate of drug-likeness (QED) is 0.838. The van der Waals surface area contributed by atoms with Gasteiger partial charge in [0.05, 0.1) is 12.7 Å². The summed E-state index contributed by atoms with van der Waals surface area (Å²) in [5.74, 6) is 0.878. The van der Waals surface area contributed by atoms with Crippen molar-refractivity contribution in [3.05, 3.63) is 65.2 Å². The molecule has 1 unspecified atom stereocenters. The van der Waals surface area contributed by atoms with Crippen LogP contribution in [0.2, 0.25) is 0 Å². The molecule has 0 bridgehead atoms. The van der Waals surface area contributed by atoms with Gasteiger partial charge in [0.15, 0.2) is 0 Å². The number of aryl methyl sites for hydroxylation is 2. The minimum atomic E-state index is -0.318. The Morgan fingerprint density at radius 1 is 1.10 bits per heavy atom. The molecular formula is C19H22O2. The van der Waals surface area contributed by atoms with Crippen LogP contribution in [0.15, 0.2) is 48.5 Å². The molecule has 0 spiro atoms. The van der Waals surface area contributed by atoms with Crippen molar-refractivity contribution in [2.75, 3.05) is 6.61 Å². The monoisotopic (exact) mass is 282 g/mol. The van der Waals surface area contributed by atoms with Gasteiger partial charge >= 0.3 is 0 Å². The van der Waals surface area contributed by atoms with Crippen LogP contribution in [-0.4, -0.2) is 11.7 Å². The Labute approximate surface area is 126 Å². The lowest BCUT2D eigenvalue weighted by Crippen LogP contribution is -2.09. The number of aliphatic hydroxyl groups is 1. The van der Waals surface area contributed by atoms with Crippen molar-refractivity contribution >= 4 is 0 Å². The summed E-state index contributed by atoms with van der Waals surface area (Å²) in [6.45, 7) is 0.712. The molecule has 1 atom stereocenters. The highest BCUT2D eigenvalue weighted by Crippen LogP contribution is 2.32. The van der Waals surface area contributed by atoms with E-state index in [2.05, 4.69) is 30.3 Å². The smallest absolute Gasteiger partial charge is 0.119 e. The van der Waals surface area contributed by atoms with Gasteiger partial charge in [0.25, 0.3) is 0 Å². The van der Waals surface area contributed by atoms with Crippen molar-refractivity contribution in [3.63, 3.8) is 0 Å². The number of benzene rings is 2. The van der Waals surface area contributed by atoms with Gasteiger partial charge in [-0.05, 0) is 60.9 Å². The van der Waals surface area contributed by atoms with E-state index in [9.17, 15) is 5.11 Å². The molecule has 0 heterocycles. The summed E-state index contributed by atoms with van der Waals surface area (Å²) in [5, 5.41) is 10.1. The van der Waals surface area contributed by atoms with Crippen molar-refractivity contribution < 1.29 is 9.84 Å². The first-order valence-electron chi connectivity index (χ1n) is 7.80. The minimum absolute atomic E-state index is 0.318. The molecule has 0 radical (unpaired) electrons. The average Bonchev–Trinajstić information content (AvgIpc) is 2.53. The van der Waals surface area contributed by atoms with Crippen LogP contribution in [0.5, 0.6) is 5.75 Å². The lowest BCUT2D eigenvalue weighted by atomic mass is 9.89. The predicted molar refractivity (Wildman–Crippen MR) is 84.6 cm³/mol. The first-order valence-corrected chi connectivity index (χ1v) is 7.80. The molecule has 1 aliphatic carbocycles. The second-order valence-electron chi connectivity index (χ2n) is 5.71. The summed E-state index contributed by atoms with van der Waals surface area (Å²) in [6, 6.07) is 16.6. The zero-order valence-electron chi connectivity index (χ0n) is 12.3. The van der Waals surface area contributed by atoms with Gasteiger partial charge in [-0.1, -0.05) is 36.4 Å². The maximum absolute atomic E-state index is 10.1. The summed E-state index contributed by atoms with van der Waals surface area (Å²) in [7, 11) is 0. The van der Waals surface area contributed by atoms with Gasteiger partial charge in [-0.3, -0.25) is 0 Å². The molecule has 1 aliphatic rings. The van der Waals surface area contributed by atoms with Gasteiger partial charge in [-0.15, -0.1) is 0 Å². The molecule has 0 aliphatic heterocycles. The normalized spacial score (nSPS) is 17.3. The number of hydrogen-bond acceptors (Lipinski definition) is 2. The van der Waals surface area contributed by atoms with Crippen molar-refractivity contribution in [2.45, 2.75) is 38.2 Å². The fraction of sp³-hybridized carbons (Fsp3) is 0.368. The number of fused-ring (bicyclic) bond motifs is 1. The van der Waals surface area contributed by atoms with Crippen molar-refractivity contribution in [2.24, 2.45) is 0 Å². The van der Waals surface area contributed by atoms with E-state index in [1.54, 1.807) is 0 Å². The van der Waals surface area contributed by atoms with E-state index in [-0.39, 0.29) is 6.10 Å². The number of ether oxygens (including phenoxy) is 1. The second-order valence-corrected chi connectivity index (χ2v) is 5.71. The van der Waals surface area contributed by atoms with Gasteiger partial charge in [-0.2, -0.15) is 0 Å². The van der Waals surface area contributed by atoms with Gasteiger partial charge in [-0.25, -0.2) is 0 Å². The summed E-state index contributed by atoms with van der Waals surface area (Å²) >= 11 is 0. The molecule has 0 fully saturated rings. The van der Waals surface area contributed by atoms with E-state index in [1.165, 1.54) is 11.1 Å². The van der Waals surface area contributed by atoms with E-state index in [4.69, 9.17) is 4.74 Å². The fourth-order valence-corrected chi connectivity index (χ4v) is 2.95. The second kappa shape index (κ2) is 6.77. The Kier molecular flexibility index (Phi) is 4.56. The molecule has 3 rings (SSSR count). The largest absolute Gasteiger partial charge is 0.494 e. The molecule has 0 amide bonds. The van der Waals surface area contributed by atoms with Crippen LogP contribution >= 0.6 is 0 Å². The molecule has 0 aromatic heterocycles. The van der Waals surface area contributed by atoms with Crippen LogP contribution in [-0.2, 0) is 12.8 Å². The van der Waals surface area contributed by atoms with Gasteiger partial charge in [0.1, 0.15) is 5.75 Å². The highest BCUT2D eigenvalue weighted by atomic mass is 16.5. The number of rotatable bonds is 5. The standard InChI is InChI=1S/C19H22O2/c20-19-10-4-9-16-11-12-17(14-18(16)19)21-13-5-8-15-6-2-1-3-7-15/h1-3,6-7,11-12,14,19-20H,4-5,8-10,13H2. The number of aliphatic hydroxyl groups excluding tert-OH is 1. The molecular weight excluding hydrogens is 260 g/mol. The van der Waals surface area contributed by atoms with E-state index < -0.39 is 0 Å². The molecule has 110 valence electrons. The van der Waals surface area contributed by atoms with Crippen LogP contribution in [0.1, 0.15) is 42.1 Å². The summed E-state index contributed by atoms with van der Waals surface area (Å²) in [4.78, 5) is 0. The lowest BCUT2D eigenvalue weighted by Gasteiger charge is -2.22. The van der Waals surface area contributed by atoms with Crippen LogP contribution in [0.3, 0.4) is 0 Å². The molecule has 0 saturated carbocycles. The van der Waals surface area contributed by atoms with Gasteiger partial charge in [0.2, 0.25) is 0 Å². The highest BCUT2D eigenvalue weighted by molar-refractivity contribution is 5.38. The Morgan fingerprint density at radius 3 is 2.81 bits per heavy atom. The Bertz CT molecular complexity index is 577. The van der Waals surface area contributed by atoms with E-state index in [0.29, 0.717) is 6.61 Å². The third kappa shape index (κ3) is 3.64. The fourth-order valence-electron chi connectivity index (χ4n) is 2.95. The lowest BCUT2D eigenvalue weighted by molar-refractivity contribution is 0.156. The molecule has 2 aromatic carbocycles. The molecule has 21 heavy (non-hydrogen) atoms. The third-order valence-corrected chi connectivity index (χ3v) is 4.12. The van der Waals surface area contributed by atoms with E-state index >= 15 is 0 Å². The predicted octanol–water partition coefficient (Wildman–Crippen LogP) is 4.07. The zero-order chi connectivity index (χ0) is 14.5. The summed E-state index contributed by atoms with van der Waals surface area (Å²) in [6.07, 6.45) is 4.73. The average molecular weight is 282 g/mol. The van der Waals surface area contributed by atoms with Crippen LogP contribution < -0.4 is 4.74 Å². The van der Waals surface area contributed by atoms with E-state index in [1.807, 2.05) is 18.2 Å². The van der Waals surface area contributed by atoms with Gasteiger partial charge in [0, 0.05) is 0 Å². The maximum atomic E-state index is 10.1. The molecule has 1 N–H and O–H groups in total. The molecule has 2 nitrogen and oxygen atoms in total. The van der Waals surface area contributed by atoms with Crippen LogP contribution in [0, 0.1) is 0 Å². The summed E-state index contributed by atoms with van der Waals surface area (Å²) < 4.78 is 5.83. The van der Waals surface area contributed by atoms with Crippen LogP contribution in [0.25, 0.3) is 0 Å². The molecule has 2 aromatic rings. The molecule has 2 heteroatoms. The van der Waals surface area contributed by atoms with E-state index in [0.717, 1.165) is 43.4 Å². The number of hydrogen-bond donors (Lipinski definition) is 1. The van der Waals surface area contributed by atoms with Crippen LogP contribution in [0.4, 0.5) is 0 Å². The topological polar surface area (TPSA) is 29.5 Å². The Balaban J connectivity index is 1.53.